The van der Waals surface area contributed by atoms with E-state index in [-0.39, 0.29) is 0 Å². The molecule has 0 spiro atoms. The zero-order valence-electron chi connectivity index (χ0n) is 12.5. The predicted molar refractivity (Wildman–Crippen MR) is 91.7 cm³/mol. The third kappa shape index (κ3) is 3.85. The van der Waals surface area contributed by atoms with Crippen molar-refractivity contribution in [2.45, 2.75) is 44.6 Å². The SMILES string of the molecule is Clc1ccc(Cl)c(N2CCCNC(C3CCCCC3)C2)c1. The van der Waals surface area contributed by atoms with Crippen LogP contribution in [-0.4, -0.2) is 25.7 Å². The van der Waals surface area contributed by atoms with Crippen LogP contribution in [0.25, 0.3) is 0 Å². The Kier molecular flexibility index (Phi) is 5.31. The van der Waals surface area contributed by atoms with Gasteiger partial charge in [-0.2, -0.15) is 0 Å². The Balaban J connectivity index is 1.76. The average Bonchev–Trinajstić information content (AvgIpc) is 2.76. The number of nitrogens with zero attached hydrogens (tertiary/aromatic N) is 1. The van der Waals surface area contributed by atoms with Gasteiger partial charge in [-0.3, -0.25) is 0 Å². The molecular weight excluding hydrogens is 303 g/mol. The molecule has 3 rings (SSSR count). The van der Waals surface area contributed by atoms with E-state index in [9.17, 15) is 0 Å². The van der Waals surface area contributed by atoms with Gasteiger partial charge in [0.15, 0.2) is 0 Å². The summed E-state index contributed by atoms with van der Waals surface area (Å²) in [5, 5.41) is 5.34. The van der Waals surface area contributed by atoms with Crippen LogP contribution in [0, 0.1) is 5.92 Å². The summed E-state index contributed by atoms with van der Waals surface area (Å²) >= 11 is 12.6. The molecule has 0 aromatic heterocycles. The van der Waals surface area contributed by atoms with Gasteiger partial charge < -0.3 is 10.2 Å². The molecule has 1 aromatic rings. The van der Waals surface area contributed by atoms with E-state index in [1.807, 2.05) is 18.2 Å². The molecule has 0 amide bonds. The Labute approximate surface area is 137 Å². The zero-order valence-corrected chi connectivity index (χ0v) is 14.0. The Morgan fingerprint density at radius 1 is 1.05 bits per heavy atom. The molecule has 1 aromatic carbocycles. The average molecular weight is 327 g/mol. The number of anilines is 1. The molecule has 1 aliphatic carbocycles. The molecule has 1 saturated heterocycles. The highest BCUT2D eigenvalue weighted by molar-refractivity contribution is 6.35. The second-order valence-electron chi connectivity index (χ2n) is 6.35. The first kappa shape index (κ1) is 15.5. The molecule has 2 nitrogen and oxygen atoms in total. The summed E-state index contributed by atoms with van der Waals surface area (Å²) in [6.07, 6.45) is 8.09. The molecule has 4 heteroatoms. The number of hydrogen-bond donors (Lipinski definition) is 1. The van der Waals surface area contributed by atoms with E-state index in [2.05, 4.69) is 10.2 Å². The minimum atomic E-state index is 0.586. The molecule has 0 bridgehead atoms. The molecule has 116 valence electrons. The highest BCUT2D eigenvalue weighted by Crippen LogP contribution is 2.32. The highest BCUT2D eigenvalue weighted by Gasteiger charge is 2.27. The summed E-state index contributed by atoms with van der Waals surface area (Å²) in [4.78, 5) is 2.42. The molecule has 1 heterocycles. The van der Waals surface area contributed by atoms with Gasteiger partial charge in [0.25, 0.3) is 0 Å². The van der Waals surface area contributed by atoms with Gasteiger partial charge in [-0.25, -0.2) is 0 Å². The molecule has 0 radical (unpaired) electrons. The Morgan fingerprint density at radius 2 is 1.86 bits per heavy atom. The van der Waals surface area contributed by atoms with Crippen LogP contribution in [0.1, 0.15) is 38.5 Å². The van der Waals surface area contributed by atoms with E-state index in [1.165, 1.54) is 32.1 Å². The van der Waals surface area contributed by atoms with Gasteiger partial charge in [0.05, 0.1) is 10.7 Å². The lowest BCUT2D eigenvalue weighted by Crippen LogP contribution is -2.43. The fourth-order valence-electron chi connectivity index (χ4n) is 3.75. The summed E-state index contributed by atoms with van der Waals surface area (Å²) < 4.78 is 0. The first-order chi connectivity index (χ1) is 10.2. The topological polar surface area (TPSA) is 15.3 Å². The van der Waals surface area contributed by atoms with Gasteiger partial charge in [-0.1, -0.05) is 42.5 Å². The normalized spacial score (nSPS) is 24.9. The van der Waals surface area contributed by atoms with Crippen molar-refractivity contribution in [2.75, 3.05) is 24.5 Å². The Morgan fingerprint density at radius 3 is 2.67 bits per heavy atom. The number of benzene rings is 1. The summed E-state index contributed by atoms with van der Waals surface area (Å²) in [6.45, 7) is 3.21. The quantitative estimate of drug-likeness (QED) is 0.844. The van der Waals surface area contributed by atoms with Gasteiger partial charge in [0, 0.05) is 24.2 Å². The van der Waals surface area contributed by atoms with Crippen LogP contribution in [0.2, 0.25) is 10.0 Å². The van der Waals surface area contributed by atoms with Crippen LogP contribution in [0.15, 0.2) is 18.2 Å². The van der Waals surface area contributed by atoms with Crippen molar-refractivity contribution in [1.82, 2.24) is 5.32 Å². The van der Waals surface area contributed by atoms with Gasteiger partial charge in [-0.15, -0.1) is 0 Å². The van der Waals surface area contributed by atoms with Crippen LogP contribution in [0.3, 0.4) is 0 Å². The second-order valence-corrected chi connectivity index (χ2v) is 7.20. The first-order valence-corrected chi connectivity index (χ1v) is 8.93. The van der Waals surface area contributed by atoms with Crippen molar-refractivity contribution >= 4 is 28.9 Å². The minimum Gasteiger partial charge on any atom is -0.369 e. The number of rotatable bonds is 2. The lowest BCUT2D eigenvalue weighted by Gasteiger charge is -2.34. The highest BCUT2D eigenvalue weighted by atomic mass is 35.5. The lowest BCUT2D eigenvalue weighted by atomic mass is 9.83. The van der Waals surface area contributed by atoms with Crippen LogP contribution in [-0.2, 0) is 0 Å². The van der Waals surface area contributed by atoms with E-state index in [1.54, 1.807) is 0 Å². The molecule has 1 N–H and O–H groups in total. The lowest BCUT2D eigenvalue weighted by molar-refractivity contribution is 0.277. The third-order valence-electron chi connectivity index (χ3n) is 4.90. The standard InChI is InChI=1S/C17H24Cl2N2/c18-14-7-8-15(19)17(11-14)21-10-4-9-20-16(12-21)13-5-2-1-3-6-13/h7-8,11,13,16,20H,1-6,9-10,12H2. The molecule has 1 atom stereocenters. The van der Waals surface area contributed by atoms with Gasteiger partial charge in [0.1, 0.15) is 0 Å². The van der Waals surface area contributed by atoms with Crippen LogP contribution < -0.4 is 10.2 Å². The molecule has 2 aliphatic rings. The maximum Gasteiger partial charge on any atom is 0.0640 e. The smallest absolute Gasteiger partial charge is 0.0640 e. The number of hydrogen-bond acceptors (Lipinski definition) is 2. The molecule has 1 aliphatic heterocycles. The van der Waals surface area contributed by atoms with Crippen molar-refractivity contribution < 1.29 is 0 Å². The van der Waals surface area contributed by atoms with E-state index < -0.39 is 0 Å². The minimum absolute atomic E-state index is 0.586. The summed E-state index contributed by atoms with van der Waals surface area (Å²) in [7, 11) is 0. The molecule has 1 unspecified atom stereocenters. The zero-order chi connectivity index (χ0) is 14.7. The fourth-order valence-corrected chi connectivity index (χ4v) is 4.15. The first-order valence-electron chi connectivity index (χ1n) is 8.17. The summed E-state index contributed by atoms with van der Waals surface area (Å²) in [5.74, 6) is 0.817. The maximum atomic E-state index is 6.40. The summed E-state index contributed by atoms with van der Waals surface area (Å²) in [5.41, 5.74) is 1.09. The molecular formula is C17H24Cl2N2. The second kappa shape index (κ2) is 7.21. The van der Waals surface area contributed by atoms with Crippen molar-refractivity contribution in [3.63, 3.8) is 0 Å². The van der Waals surface area contributed by atoms with Gasteiger partial charge in [-0.05, 0) is 49.9 Å². The largest absolute Gasteiger partial charge is 0.369 e. The Hall–Kier alpha value is -0.440. The molecule has 2 fully saturated rings. The van der Waals surface area contributed by atoms with Crippen LogP contribution >= 0.6 is 23.2 Å². The third-order valence-corrected chi connectivity index (χ3v) is 5.45. The van der Waals surface area contributed by atoms with Crippen molar-refractivity contribution in [3.8, 4) is 0 Å². The number of nitrogens with one attached hydrogen (secondary N) is 1. The van der Waals surface area contributed by atoms with Gasteiger partial charge >= 0.3 is 0 Å². The molecule has 1 saturated carbocycles. The summed E-state index contributed by atoms with van der Waals surface area (Å²) in [6, 6.07) is 6.37. The predicted octanol–water partition coefficient (Wildman–Crippen LogP) is 4.74. The molecule has 21 heavy (non-hydrogen) atoms. The van der Waals surface area contributed by atoms with E-state index in [0.29, 0.717) is 6.04 Å². The van der Waals surface area contributed by atoms with Crippen molar-refractivity contribution in [1.29, 1.82) is 0 Å². The maximum absolute atomic E-state index is 6.40. The van der Waals surface area contributed by atoms with E-state index >= 15 is 0 Å². The van der Waals surface area contributed by atoms with Crippen molar-refractivity contribution in [3.05, 3.63) is 28.2 Å². The van der Waals surface area contributed by atoms with E-state index in [4.69, 9.17) is 23.2 Å². The van der Waals surface area contributed by atoms with Crippen molar-refractivity contribution in [2.24, 2.45) is 5.92 Å². The van der Waals surface area contributed by atoms with Gasteiger partial charge in [0.2, 0.25) is 0 Å². The van der Waals surface area contributed by atoms with E-state index in [0.717, 1.165) is 47.7 Å². The van der Waals surface area contributed by atoms with Crippen LogP contribution in [0.4, 0.5) is 5.69 Å². The van der Waals surface area contributed by atoms with Crippen LogP contribution in [0.5, 0.6) is 0 Å². The Bertz CT molecular complexity index is 472. The number of halogens is 2. The monoisotopic (exact) mass is 326 g/mol. The fraction of sp³-hybridized carbons (Fsp3) is 0.647.